The van der Waals surface area contributed by atoms with Crippen LogP contribution in [-0.4, -0.2) is 57.4 Å². The Balaban J connectivity index is 1.33. The molecular formula is C18H19N7O2. The molecule has 1 N–H and O–H groups in total. The Morgan fingerprint density at radius 1 is 1.07 bits per heavy atom. The van der Waals surface area contributed by atoms with Gasteiger partial charge in [0, 0.05) is 13.1 Å². The van der Waals surface area contributed by atoms with Gasteiger partial charge in [0.25, 0.3) is 0 Å². The number of rotatable bonds is 5. The van der Waals surface area contributed by atoms with E-state index < -0.39 is 0 Å². The van der Waals surface area contributed by atoms with E-state index >= 15 is 0 Å². The zero-order valence-corrected chi connectivity index (χ0v) is 14.7. The van der Waals surface area contributed by atoms with Gasteiger partial charge < -0.3 is 15.0 Å². The van der Waals surface area contributed by atoms with Crippen molar-refractivity contribution in [2.24, 2.45) is 0 Å². The summed E-state index contributed by atoms with van der Waals surface area (Å²) in [6, 6.07) is 11.3. The smallest absolute Gasteiger partial charge is 0.229 e. The van der Waals surface area contributed by atoms with Crippen LogP contribution in [-0.2, 0) is 16.0 Å². The van der Waals surface area contributed by atoms with Crippen molar-refractivity contribution in [2.75, 3.05) is 36.5 Å². The minimum atomic E-state index is -0.114. The van der Waals surface area contributed by atoms with Crippen molar-refractivity contribution in [3.8, 4) is 5.69 Å². The second kappa shape index (κ2) is 7.92. The number of aromatic nitrogens is 5. The minimum Gasteiger partial charge on any atom is -0.378 e. The molecule has 0 radical (unpaired) electrons. The van der Waals surface area contributed by atoms with Crippen LogP contribution in [0.3, 0.4) is 0 Å². The first-order valence-electron chi connectivity index (χ1n) is 8.69. The van der Waals surface area contributed by atoms with E-state index in [1.54, 1.807) is 10.9 Å². The topological polar surface area (TPSA) is 98.1 Å². The van der Waals surface area contributed by atoms with Crippen LogP contribution in [0.5, 0.6) is 0 Å². The summed E-state index contributed by atoms with van der Waals surface area (Å²) in [5, 5.41) is 13.9. The van der Waals surface area contributed by atoms with Gasteiger partial charge in [0.1, 0.15) is 12.1 Å². The van der Waals surface area contributed by atoms with Gasteiger partial charge in [-0.15, -0.1) is 5.10 Å². The van der Waals surface area contributed by atoms with Crippen LogP contribution < -0.4 is 10.2 Å². The second-order valence-corrected chi connectivity index (χ2v) is 6.15. The van der Waals surface area contributed by atoms with Gasteiger partial charge in [-0.1, -0.05) is 12.1 Å². The Morgan fingerprint density at radius 2 is 1.85 bits per heavy atom. The third-order valence-electron chi connectivity index (χ3n) is 4.31. The lowest BCUT2D eigenvalue weighted by Crippen LogP contribution is -2.36. The van der Waals surface area contributed by atoms with Crippen molar-refractivity contribution >= 4 is 17.4 Å². The molecule has 0 spiro atoms. The molecule has 0 atom stereocenters. The monoisotopic (exact) mass is 365 g/mol. The molecule has 3 aromatic rings. The first-order chi connectivity index (χ1) is 13.3. The van der Waals surface area contributed by atoms with E-state index in [1.807, 2.05) is 36.4 Å². The molecule has 0 saturated carbocycles. The summed E-state index contributed by atoms with van der Waals surface area (Å²) in [5.41, 5.74) is 2.77. The summed E-state index contributed by atoms with van der Waals surface area (Å²) in [7, 11) is 0. The number of tetrazole rings is 1. The van der Waals surface area contributed by atoms with Gasteiger partial charge in [0.05, 0.1) is 37.2 Å². The van der Waals surface area contributed by atoms with E-state index in [0.717, 1.165) is 43.2 Å². The highest BCUT2D eigenvalue weighted by Gasteiger charge is 2.12. The molecule has 4 rings (SSSR count). The van der Waals surface area contributed by atoms with Crippen molar-refractivity contribution in [1.29, 1.82) is 0 Å². The molecule has 2 aromatic heterocycles. The highest BCUT2D eigenvalue weighted by Crippen LogP contribution is 2.17. The summed E-state index contributed by atoms with van der Waals surface area (Å²) in [6.45, 7) is 3.16. The number of pyridine rings is 1. The van der Waals surface area contributed by atoms with E-state index in [-0.39, 0.29) is 12.3 Å². The zero-order valence-electron chi connectivity index (χ0n) is 14.7. The highest BCUT2D eigenvalue weighted by molar-refractivity contribution is 5.91. The number of hydrogen-bond donors (Lipinski definition) is 1. The molecule has 3 heterocycles. The second-order valence-electron chi connectivity index (χ2n) is 6.15. The quantitative estimate of drug-likeness (QED) is 0.722. The third-order valence-corrected chi connectivity index (χ3v) is 4.31. The fourth-order valence-electron chi connectivity index (χ4n) is 2.89. The van der Waals surface area contributed by atoms with Crippen LogP contribution in [0.2, 0.25) is 0 Å². The van der Waals surface area contributed by atoms with Gasteiger partial charge in [-0.3, -0.25) is 4.79 Å². The Hall–Kier alpha value is -3.33. The molecule has 1 amide bonds. The Kier molecular flexibility index (Phi) is 5.01. The summed E-state index contributed by atoms with van der Waals surface area (Å²) >= 11 is 0. The molecule has 9 nitrogen and oxygen atoms in total. The average Bonchev–Trinajstić information content (AvgIpc) is 3.25. The van der Waals surface area contributed by atoms with Crippen molar-refractivity contribution < 1.29 is 9.53 Å². The Bertz CT molecular complexity index is 873. The summed E-state index contributed by atoms with van der Waals surface area (Å²) in [5.74, 6) is 0.430. The SMILES string of the molecule is O=C(Cc1ccc(-n2cnnn2)cc1)Nc1ccc(N2CCOCC2)cn1. The molecule has 1 aromatic carbocycles. The van der Waals surface area contributed by atoms with E-state index in [2.05, 4.69) is 30.7 Å². The van der Waals surface area contributed by atoms with Crippen molar-refractivity contribution in [1.82, 2.24) is 25.2 Å². The predicted molar refractivity (Wildman–Crippen MR) is 98.8 cm³/mol. The molecule has 0 aliphatic carbocycles. The number of nitrogens with zero attached hydrogens (tertiary/aromatic N) is 6. The summed E-state index contributed by atoms with van der Waals surface area (Å²) in [6.07, 6.45) is 3.57. The number of anilines is 2. The fourth-order valence-corrected chi connectivity index (χ4v) is 2.89. The fraction of sp³-hybridized carbons (Fsp3) is 0.278. The van der Waals surface area contributed by atoms with E-state index in [4.69, 9.17) is 4.74 Å². The molecule has 138 valence electrons. The Morgan fingerprint density at radius 3 is 2.52 bits per heavy atom. The lowest BCUT2D eigenvalue weighted by molar-refractivity contribution is -0.115. The normalized spacial score (nSPS) is 14.1. The van der Waals surface area contributed by atoms with Gasteiger partial charge in [0.15, 0.2) is 0 Å². The zero-order chi connectivity index (χ0) is 18.5. The number of amides is 1. The number of ether oxygens (including phenoxy) is 1. The lowest BCUT2D eigenvalue weighted by Gasteiger charge is -2.28. The molecule has 0 unspecified atom stereocenters. The van der Waals surface area contributed by atoms with Crippen LogP contribution in [0, 0.1) is 0 Å². The molecule has 0 bridgehead atoms. The van der Waals surface area contributed by atoms with Crippen LogP contribution in [0.4, 0.5) is 11.5 Å². The molecule has 1 saturated heterocycles. The van der Waals surface area contributed by atoms with Crippen LogP contribution in [0.15, 0.2) is 48.9 Å². The van der Waals surface area contributed by atoms with Gasteiger partial charge in [0.2, 0.25) is 5.91 Å². The van der Waals surface area contributed by atoms with Gasteiger partial charge in [-0.2, -0.15) is 0 Å². The molecule has 1 aliphatic rings. The Labute approximate surface area is 156 Å². The number of morpholine rings is 1. The largest absolute Gasteiger partial charge is 0.378 e. The maximum atomic E-state index is 12.3. The molecular weight excluding hydrogens is 346 g/mol. The van der Waals surface area contributed by atoms with E-state index in [0.29, 0.717) is 5.82 Å². The van der Waals surface area contributed by atoms with Gasteiger partial charge in [-0.25, -0.2) is 9.67 Å². The average molecular weight is 365 g/mol. The standard InChI is InChI=1S/C18H19N7O2/c26-18(11-14-1-3-15(4-2-14)25-13-20-22-23-25)21-17-6-5-16(12-19-17)24-7-9-27-10-8-24/h1-6,12-13H,7-11H2,(H,19,21,26). The molecule has 9 heteroatoms. The first-order valence-corrected chi connectivity index (χ1v) is 8.69. The number of nitrogens with one attached hydrogen (secondary N) is 1. The van der Waals surface area contributed by atoms with Crippen molar-refractivity contribution in [3.05, 3.63) is 54.5 Å². The van der Waals surface area contributed by atoms with Crippen LogP contribution in [0.1, 0.15) is 5.56 Å². The highest BCUT2D eigenvalue weighted by atomic mass is 16.5. The van der Waals surface area contributed by atoms with E-state index in [1.165, 1.54) is 6.33 Å². The van der Waals surface area contributed by atoms with Gasteiger partial charge in [-0.05, 0) is 40.3 Å². The van der Waals surface area contributed by atoms with Crippen LogP contribution >= 0.6 is 0 Å². The number of hydrogen-bond acceptors (Lipinski definition) is 7. The number of carbonyl (C=O) groups excluding carboxylic acids is 1. The molecule has 1 fully saturated rings. The van der Waals surface area contributed by atoms with Crippen molar-refractivity contribution in [3.63, 3.8) is 0 Å². The lowest BCUT2D eigenvalue weighted by atomic mass is 10.1. The summed E-state index contributed by atoms with van der Waals surface area (Å²) in [4.78, 5) is 18.8. The number of benzene rings is 1. The van der Waals surface area contributed by atoms with Gasteiger partial charge >= 0.3 is 0 Å². The maximum Gasteiger partial charge on any atom is 0.229 e. The van der Waals surface area contributed by atoms with Crippen LogP contribution in [0.25, 0.3) is 5.69 Å². The summed E-state index contributed by atoms with van der Waals surface area (Å²) < 4.78 is 6.91. The first kappa shape index (κ1) is 17.1. The minimum absolute atomic E-state index is 0.114. The van der Waals surface area contributed by atoms with E-state index in [9.17, 15) is 4.79 Å². The molecule has 27 heavy (non-hydrogen) atoms. The van der Waals surface area contributed by atoms with Crippen molar-refractivity contribution in [2.45, 2.75) is 6.42 Å². The molecule has 1 aliphatic heterocycles. The maximum absolute atomic E-state index is 12.3. The predicted octanol–water partition coefficient (Wildman–Crippen LogP) is 1.08. The number of carbonyl (C=O) groups is 1. The third kappa shape index (κ3) is 4.26.